The smallest absolute Gasteiger partial charge is 0.408 e. The number of alkyl carbamates (subject to hydrolysis) is 1. The monoisotopic (exact) mass is 248 g/mol. The number of carbonyl (C=O) groups excluding carboxylic acids is 1. The van der Waals surface area contributed by atoms with E-state index in [-0.39, 0.29) is 0 Å². The van der Waals surface area contributed by atoms with Gasteiger partial charge >= 0.3 is 6.09 Å². The molecule has 3 N–H and O–H groups in total. The highest BCUT2D eigenvalue weighted by Crippen LogP contribution is 2.24. The Labute approximate surface area is 108 Å². The minimum absolute atomic E-state index is 0.418. The van der Waals surface area contributed by atoms with Crippen molar-refractivity contribution in [2.45, 2.75) is 19.4 Å². The molecule has 0 aliphatic heterocycles. The third kappa shape index (κ3) is 4.59. The molecular formula is C14H20N2O2. The summed E-state index contributed by atoms with van der Waals surface area (Å²) in [4.78, 5) is 11.6. The van der Waals surface area contributed by atoms with E-state index >= 15 is 0 Å². The van der Waals surface area contributed by atoms with Gasteiger partial charge in [0.1, 0.15) is 5.60 Å². The lowest BCUT2D eigenvalue weighted by atomic mass is 9.98. The lowest BCUT2D eigenvalue weighted by Crippen LogP contribution is -2.33. The molecule has 1 rings (SSSR count). The molecule has 0 aliphatic rings. The number of hydrogen-bond acceptors (Lipinski definition) is 3. The van der Waals surface area contributed by atoms with Crippen LogP contribution in [0.15, 0.2) is 42.5 Å². The van der Waals surface area contributed by atoms with Crippen molar-refractivity contribution in [2.75, 3.05) is 13.1 Å². The van der Waals surface area contributed by atoms with Gasteiger partial charge < -0.3 is 15.8 Å². The molecule has 0 fully saturated rings. The second kappa shape index (κ2) is 6.81. The van der Waals surface area contributed by atoms with Gasteiger partial charge in [-0.05, 0) is 19.4 Å². The number of rotatable bonds is 5. The molecule has 0 saturated heterocycles. The van der Waals surface area contributed by atoms with Gasteiger partial charge in [0, 0.05) is 13.1 Å². The molecule has 1 amide bonds. The van der Waals surface area contributed by atoms with Gasteiger partial charge in [-0.3, -0.25) is 0 Å². The van der Waals surface area contributed by atoms with Crippen LogP contribution in [0.5, 0.6) is 0 Å². The van der Waals surface area contributed by atoms with Crippen molar-refractivity contribution in [2.24, 2.45) is 5.73 Å². The number of carbonyl (C=O) groups is 1. The fourth-order valence-electron chi connectivity index (χ4n) is 1.49. The van der Waals surface area contributed by atoms with E-state index in [1.165, 1.54) is 0 Å². The average molecular weight is 248 g/mol. The van der Waals surface area contributed by atoms with E-state index in [4.69, 9.17) is 10.5 Å². The Morgan fingerprint density at radius 1 is 1.33 bits per heavy atom. The first-order valence-electron chi connectivity index (χ1n) is 5.93. The van der Waals surface area contributed by atoms with Crippen LogP contribution in [0.2, 0.25) is 0 Å². The first kappa shape index (κ1) is 14.3. The van der Waals surface area contributed by atoms with Crippen molar-refractivity contribution < 1.29 is 9.53 Å². The quantitative estimate of drug-likeness (QED) is 0.785. The van der Waals surface area contributed by atoms with Gasteiger partial charge in [-0.2, -0.15) is 0 Å². The van der Waals surface area contributed by atoms with Crippen LogP contribution in [0.1, 0.15) is 19.4 Å². The zero-order valence-corrected chi connectivity index (χ0v) is 10.8. The minimum atomic E-state index is -0.650. The second-order valence-corrected chi connectivity index (χ2v) is 4.35. The van der Waals surface area contributed by atoms with E-state index in [0.717, 1.165) is 5.56 Å². The summed E-state index contributed by atoms with van der Waals surface area (Å²) in [6, 6.07) is 9.63. The van der Waals surface area contributed by atoms with Gasteiger partial charge in [0.2, 0.25) is 0 Å². The standard InChI is InChI=1S/C14H20N2O2/c1-14(2,12-8-4-3-5-9-12)18-13(17)16-11-7-6-10-15/h3-9H,10-11,15H2,1-2H3,(H,16,17)/b7-6+. The molecule has 0 aromatic heterocycles. The lowest BCUT2D eigenvalue weighted by molar-refractivity contribution is 0.0370. The molecule has 0 aliphatic carbocycles. The first-order chi connectivity index (χ1) is 8.56. The molecule has 0 spiro atoms. The number of ether oxygens (including phenoxy) is 1. The van der Waals surface area contributed by atoms with Crippen LogP contribution in [0.3, 0.4) is 0 Å². The molecular weight excluding hydrogens is 228 g/mol. The SMILES string of the molecule is CC(C)(OC(=O)NC/C=C/CN)c1ccccc1. The second-order valence-electron chi connectivity index (χ2n) is 4.35. The Bertz CT molecular complexity index is 400. The summed E-state index contributed by atoms with van der Waals surface area (Å²) in [5.41, 5.74) is 5.60. The lowest BCUT2D eigenvalue weighted by Gasteiger charge is -2.25. The van der Waals surface area contributed by atoms with Crippen molar-refractivity contribution in [1.29, 1.82) is 0 Å². The number of hydrogen-bond donors (Lipinski definition) is 2. The molecule has 4 nitrogen and oxygen atoms in total. The Balaban J connectivity index is 2.50. The molecule has 0 atom stereocenters. The van der Waals surface area contributed by atoms with Gasteiger partial charge in [-0.25, -0.2) is 4.79 Å². The van der Waals surface area contributed by atoms with E-state index in [1.54, 1.807) is 12.2 Å². The summed E-state index contributed by atoms with van der Waals surface area (Å²) in [7, 11) is 0. The van der Waals surface area contributed by atoms with Gasteiger partial charge in [0.15, 0.2) is 0 Å². The highest BCUT2D eigenvalue weighted by atomic mass is 16.6. The van der Waals surface area contributed by atoms with Crippen molar-refractivity contribution >= 4 is 6.09 Å². The fraction of sp³-hybridized carbons (Fsp3) is 0.357. The molecule has 98 valence electrons. The Morgan fingerprint density at radius 2 is 2.00 bits per heavy atom. The molecule has 18 heavy (non-hydrogen) atoms. The minimum Gasteiger partial charge on any atom is -0.439 e. The topological polar surface area (TPSA) is 64.3 Å². The van der Waals surface area contributed by atoms with E-state index in [9.17, 15) is 4.79 Å². The van der Waals surface area contributed by atoms with E-state index in [2.05, 4.69) is 5.32 Å². The van der Waals surface area contributed by atoms with Crippen LogP contribution in [0.4, 0.5) is 4.79 Å². The van der Waals surface area contributed by atoms with Crippen LogP contribution in [-0.2, 0) is 10.3 Å². The van der Waals surface area contributed by atoms with Crippen molar-refractivity contribution in [3.63, 3.8) is 0 Å². The van der Waals surface area contributed by atoms with Crippen LogP contribution in [-0.4, -0.2) is 19.2 Å². The first-order valence-corrected chi connectivity index (χ1v) is 5.93. The van der Waals surface area contributed by atoms with Crippen molar-refractivity contribution in [3.05, 3.63) is 48.0 Å². The molecule has 0 heterocycles. The van der Waals surface area contributed by atoms with E-state index < -0.39 is 11.7 Å². The Kier molecular flexibility index (Phi) is 5.39. The number of nitrogens with two attached hydrogens (primary N) is 1. The van der Waals surface area contributed by atoms with Crippen molar-refractivity contribution in [3.8, 4) is 0 Å². The largest absolute Gasteiger partial charge is 0.439 e. The van der Waals surface area contributed by atoms with Crippen LogP contribution in [0, 0.1) is 0 Å². The Hall–Kier alpha value is -1.81. The molecule has 1 aromatic carbocycles. The zero-order chi connectivity index (χ0) is 13.4. The summed E-state index contributed by atoms with van der Waals surface area (Å²) < 4.78 is 5.39. The van der Waals surface area contributed by atoms with Crippen LogP contribution < -0.4 is 11.1 Å². The Morgan fingerprint density at radius 3 is 2.61 bits per heavy atom. The summed E-state index contributed by atoms with van der Waals surface area (Å²) >= 11 is 0. The van der Waals surface area contributed by atoms with Gasteiger partial charge in [0.25, 0.3) is 0 Å². The van der Waals surface area contributed by atoms with E-state index in [0.29, 0.717) is 13.1 Å². The predicted octanol–water partition coefficient (Wildman–Crippen LogP) is 2.16. The predicted molar refractivity (Wildman–Crippen MR) is 72.1 cm³/mol. The van der Waals surface area contributed by atoms with Gasteiger partial charge in [-0.1, -0.05) is 42.5 Å². The normalized spacial score (nSPS) is 11.5. The molecule has 0 radical (unpaired) electrons. The third-order valence-electron chi connectivity index (χ3n) is 2.48. The number of nitrogens with one attached hydrogen (secondary N) is 1. The summed E-state index contributed by atoms with van der Waals surface area (Å²) in [6.45, 7) is 4.60. The maximum Gasteiger partial charge on any atom is 0.408 e. The molecule has 0 saturated carbocycles. The van der Waals surface area contributed by atoms with Gasteiger partial charge in [0.05, 0.1) is 0 Å². The highest BCUT2D eigenvalue weighted by Gasteiger charge is 2.24. The third-order valence-corrected chi connectivity index (χ3v) is 2.48. The average Bonchev–Trinajstić information content (AvgIpc) is 2.35. The number of amides is 1. The summed E-state index contributed by atoms with van der Waals surface area (Å²) in [5, 5.41) is 2.64. The maximum absolute atomic E-state index is 11.6. The highest BCUT2D eigenvalue weighted by molar-refractivity contribution is 5.68. The summed E-state index contributed by atoms with van der Waals surface area (Å²) in [6.07, 6.45) is 3.13. The summed E-state index contributed by atoms with van der Waals surface area (Å²) in [5.74, 6) is 0. The van der Waals surface area contributed by atoms with Crippen LogP contribution >= 0.6 is 0 Å². The van der Waals surface area contributed by atoms with Crippen LogP contribution in [0.25, 0.3) is 0 Å². The molecule has 0 bridgehead atoms. The van der Waals surface area contributed by atoms with E-state index in [1.807, 2.05) is 44.2 Å². The van der Waals surface area contributed by atoms with Crippen molar-refractivity contribution in [1.82, 2.24) is 5.32 Å². The van der Waals surface area contributed by atoms with Gasteiger partial charge in [-0.15, -0.1) is 0 Å². The molecule has 1 aromatic rings. The maximum atomic E-state index is 11.6. The molecule has 0 unspecified atom stereocenters. The molecule has 4 heteroatoms. The number of benzene rings is 1. The zero-order valence-electron chi connectivity index (χ0n) is 10.8. The fourth-order valence-corrected chi connectivity index (χ4v) is 1.49.